The quantitative estimate of drug-likeness (QED) is 0.798. The Kier molecular flexibility index (Phi) is 4.78. The summed E-state index contributed by atoms with van der Waals surface area (Å²) < 4.78 is 0. The van der Waals surface area contributed by atoms with Crippen molar-refractivity contribution in [2.75, 3.05) is 0 Å². The molecule has 1 heterocycles. The largest absolute Gasteiger partial charge is 0.302 e. The summed E-state index contributed by atoms with van der Waals surface area (Å²) in [5.41, 5.74) is 2.67. The highest BCUT2D eigenvalue weighted by Gasteiger charge is 2.19. The van der Waals surface area contributed by atoms with E-state index in [2.05, 4.69) is 74.8 Å². The Morgan fingerprint density at radius 3 is 2.21 bits per heavy atom. The Morgan fingerprint density at radius 1 is 1.00 bits per heavy atom. The summed E-state index contributed by atoms with van der Waals surface area (Å²) in [5.74, 6) is 0.589. The van der Waals surface area contributed by atoms with Crippen LogP contribution in [0.25, 0.3) is 0 Å². The third-order valence-electron chi connectivity index (χ3n) is 3.52. The molecule has 2 atom stereocenters. The molecule has 0 amide bonds. The highest BCUT2D eigenvalue weighted by Crippen LogP contribution is 2.28. The molecule has 2 unspecified atom stereocenters. The number of nitrogens with one attached hydrogen (secondary N) is 1. The van der Waals surface area contributed by atoms with Gasteiger partial charge in [-0.2, -0.15) is 0 Å². The maximum Gasteiger partial charge on any atom is 0.0442 e. The van der Waals surface area contributed by atoms with Gasteiger partial charge in [-0.15, -0.1) is 11.3 Å². The first-order valence-electron chi connectivity index (χ1n) is 6.94. The van der Waals surface area contributed by atoms with Gasteiger partial charge < -0.3 is 5.32 Å². The fourth-order valence-corrected chi connectivity index (χ4v) is 3.25. The van der Waals surface area contributed by atoms with Crippen LogP contribution in [0.15, 0.2) is 41.8 Å². The van der Waals surface area contributed by atoms with E-state index in [1.54, 1.807) is 0 Å². The van der Waals surface area contributed by atoms with Gasteiger partial charge in [0.15, 0.2) is 0 Å². The van der Waals surface area contributed by atoms with E-state index in [1.807, 2.05) is 11.3 Å². The Bertz CT molecular complexity index is 484. The second-order valence-corrected chi connectivity index (χ2v) is 6.52. The molecule has 102 valence electrons. The van der Waals surface area contributed by atoms with Crippen LogP contribution in [0, 0.1) is 12.8 Å². The minimum Gasteiger partial charge on any atom is -0.302 e. The van der Waals surface area contributed by atoms with Crippen molar-refractivity contribution >= 4 is 11.3 Å². The predicted molar refractivity (Wildman–Crippen MR) is 84.6 cm³/mol. The molecule has 2 heteroatoms. The van der Waals surface area contributed by atoms with Crippen LogP contribution in [0.2, 0.25) is 0 Å². The second-order valence-electron chi connectivity index (χ2n) is 5.54. The SMILES string of the molecule is Cc1ccc(C(C)NC(c2cccs2)C(C)C)cc1. The van der Waals surface area contributed by atoms with Crippen molar-refractivity contribution in [2.45, 2.75) is 39.8 Å². The van der Waals surface area contributed by atoms with Gasteiger partial charge in [-0.25, -0.2) is 0 Å². The van der Waals surface area contributed by atoms with Gasteiger partial charge in [0.1, 0.15) is 0 Å². The van der Waals surface area contributed by atoms with Crippen LogP contribution in [0.3, 0.4) is 0 Å². The molecule has 2 aromatic rings. The highest BCUT2D eigenvalue weighted by atomic mass is 32.1. The zero-order chi connectivity index (χ0) is 13.8. The monoisotopic (exact) mass is 273 g/mol. The molecule has 0 aliphatic rings. The Balaban J connectivity index is 2.11. The fourth-order valence-electron chi connectivity index (χ4n) is 2.29. The molecule has 1 aromatic carbocycles. The van der Waals surface area contributed by atoms with E-state index in [1.165, 1.54) is 16.0 Å². The average molecular weight is 273 g/mol. The molecule has 1 nitrogen and oxygen atoms in total. The van der Waals surface area contributed by atoms with Gasteiger partial charge in [0.2, 0.25) is 0 Å². The van der Waals surface area contributed by atoms with E-state index in [0.717, 1.165) is 0 Å². The van der Waals surface area contributed by atoms with Crippen molar-refractivity contribution < 1.29 is 0 Å². The molecule has 1 aromatic heterocycles. The number of rotatable bonds is 5. The van der Waals surface area contributed by atoms with Crippen molar-refractivity contribution in [1.82, 2.24) is 5.32 Å². The molecule has 2 rings (SSSR count). The number of benzene rings is 1. The van der Waals surface area contributed by atoms with Crippen LogP contribution < -0.4 is 5.32 Å². The summed E-state index contributed by atoms with van der Waals surface area (Å²) >= 11 is 1.84. The Morgan fingerprint density at radius 2 is 1.68 bits per heavy atom. The van der Waals surface area contributed by atoms with Crippen molar-refractivity contribution in [3.05, 3.63) is 57.8 Å². The van der Waals surface area contributed by atoms with Crippen molar-refractivity contribution in [1.29, 1.82) is 0 Å². The first-order chi connectivity index (χ1) is 9.08. The number of thiophene rings is 1. The molecule has 0 saturated carbocycles. The molecule has 0 bridgehead atoms. The van der Waals surface area contributed by atoms with Crippen molar-refractivity contribution in [3.8, 4) is 0 Å². The molecule has 0 spiro atoms. The van der Waals surface area contributed by atoms with Gasteiger partial charge in [0.05, 0.1) is 0 Å². The third-order valence-corrected chi connectivity index (χ3v) is 4.48. The van der Waals surface area contributed by atoms with E-state index in [0.29, 0.717) is 18.0 Å². The zero-order valence-electron chi connectivity index (χ0n) is 12.2. The van der Waals surface area contributed by atoms with Crippen LogP contribution in [-0.2, 0) is 0 Å². The van der Waals surface area contributed by atoms with Crippen molar-refractivity contribution in [2.24, 2.45) is 5.92 Å². The van der Waals surface area contributed by atoms with Crippen molar-refractivity contribution in [3.63, 3.8) is 0 Å². The van der Waals surface area contributed by atoms with Gasteiger partial charge in [-0.1, -0.05) is 49.7 Å². The molecule has 0 aliphatic heterocycles. The lowest BCUT2D eigenvalue weighted by molar-refractivity contribution is 0.379. The van der Waals surface area contributed by atoms with Gasteiger partial charge in [-0.3, -0.25) is 0 Å². The molecule has 0 fully saturated rings. The maximum absolute atomic E-state index is 3.76. The van der Waals surface area contributed by atoms with E-state index >= 15 is 0 Å². The number of hydrogen-bond acceptors (Lipinski definition) is 2. The first kappa shape index (κ1) is 14.3. The van der Waals surface area contributed by atoms with Crippen LogP contribution in [0.5, 0.6) is 0 Å². The highest BCUT2D eigenvalue weighted by molar-refractivity contribution is 7.10. The lowest BCUT2D eigenvalue weighted by Gasteiger charge is -2.26. The minimum absolute atomic E-state index is 0.370. The van der Waals surface area contributed by atoms with E-state index in [9.17, 15) is 0 Å². The van der Waals surface area contributed by atoms with Gasteiger partial charge >= 0.3 is 0 Å². The zero-order valence-corrected chi connectivity index (χ0v) is 13.0. The van der Waals surface area contributed by atoms with Gasteiger partial charge in [0, 0.05) is 17.0 Å². The van der Waals surface area contributed by atoms with E-state index in [-0.39, 0.29) is 0 Å². The van der Waals surface area contributed by atoms with Gasteiger partial charge in [-0.05, 0) is 36.8 Å². The Labute approximate surface area is 120 Å². The summed E-state index contributed by atoms with van der Waals surface area (Å²) in [6.45, 7) is 8.93. The topological polar surface area (TPSA) is 12.0 Å². The summed E-state index contributed by atoms with van der Waals surface area (Å²) in [4.78, 5) is 1.42. The summed E-state index contributed by atoms with van der Waals surface area (Å²) in [6.07, 6.45) is 0. The molecule has 0 saturated heterocycles. The number of hydrogen-bond donors (Lipinski definition) is 1. The summed E-state index contributed by atoms with van der Waals surface area (Å²) in [6, 6.07) is 14.0. The Hall–Kier alpha value is -1.12. The molecule has 1 N–H and O–H groups in total. The fraction of sp³-hybridized carbons (Fsp3) is 0.412. The van der Waals surface area contributed by atoms with E-state index in [4.69, 9.17) is 0 Å². The normalized spacial score (nSPS) is 14.6. The second kappa shape index (κ2) is 6.36. The van der Waals surface area contributed by atoms with Crippen LogP contribution in [-0.4, -0.2) is 0 Å². The lowest BCUT2D eigenvalue weighted by atomic mass is 9.99. The first-order valence-corrected chi connectivity index (χ1v) is 7.82. The standard InChI is InChI=1S/C17H23NS/c1-12(2)17(16-6-5-11-19-16)18-14(4)15-9-7-13(3)8-10-15/h5-12,14,17-18H,1-4H3. The minimum atomic E-state index is 0.370. The molecular formula is C17H23NS. The predicted octanol–water partition coefficient (Wildman–Crippen LogP) is 5.10. The smallest absolute Gasteiger partial charge is 0.0442 e. The molecule has 0 radical (unpaired) electrons. The number of aryl methyl sites for hydroxylation is 1. The van der Waals surface area contributed by atoms with Crippen LogP contribution in [0.4, 0.5) is 0 Å². The summed E-state index contributed by atoms with van der Waals surface area (Å²) in [5, 5.41) is 5.92. The average Bonchev–Trinajstić information content (AvgIpc) is 2.89. The maximum atomic E-state index is 3.76. The van der Waals surface area contributed by atoms with Gasteiger partial charge in [0.25, 0.3) is 0 Å². The lowest BCUT2D eigenvalue weighted by Crippen LogP contribution is -2.27. The van der Waals surface area contributed by atoms with Crippen LogP contribution >= 0.6 is 11.3 Å². The summed E-state index contributed by atoms with van der Waals surface area (Å²) in [7, 11) is 0. The van der Waals surface area contributed by atoms with E-state index < -0.39 is 0 Å². The molecule has 0 aliphatic carbocycles. The molecule has 19 heavy (non-hydrogen) atoms. The third kappa shape index (κ3) is 3.68. The van der Waals surface area contributed by atoms with Crippen LogP contribution in [0.1, 0.15) is 48.9 Å². The molecular weight excluding hydrogens is 250 g/mol.